The Balaban J connectivity index is 1.48. The molecule has 1 fully saturated rings. The number of barbiturate groups is 1. The number of hydrogen-bond acceptors (Lipinski definition) is 6. The molecule has 2 aliphatic rings. The smallest absolute Gasteiger partial charge is 0.335 e. The van der Waals surface area contributed by atoms with Crippen LogP contribution < -0.4 is 19.7 Å². The largest absolute Gasteiger partial charge is 0.457 e. The molecule has 8 nitrogen and oxygen atoms in total. The topological polar surface area (TPSA) is 98.1 Å². The molecule has 2 aliphatic heterocycles. The number of amides is 4. The van der Waals surface area contributed by atoms with Gasteiger partial charge in [-0.05, 0) is 48.5 Å². The molecule has 2 aromatic carbocycles. The van der Waals surface area contributed by atoms with E-state index in [0.29, 0.717) is 32.9 Å². The summed E-state index contributed by atoms with van der Waals surface area (Å²) in [5.41, 5.74) is 0.547. The second-order valence-electron chi connectivity index (χ2n) is 6.82. The van der Waals surface area contributed by atoms with Crippen molar-refractivity contribution in [1.29, 1.82) is 0 Å². The first kappa shape index (κ1) is 20.2. The normalized spacial score (nSPS) is 16.6. The van der Waals surface area contributed by atoms with Gasteiger partial charge in [-0.3, -0.25) is 14.9 Å². The number of anilines is 1. The third kappa shape index (κ3) is 3.49. The van der Waals surface area contributed by atoms with Crippen LogP contribution in [0.1, 0.15) is 5.76 Å². The highest BCUT2D eigenvalue weighted by molar-refractivity contribution is 6.39. The minimum atomic E-state index is -0.871. The number of furan rings is 1. The van der Waals surface area contributed by atoms with Crippen molar-refractivity contribution in [3.63, 3.8) is 0 Å². The van der Waals surface area contributed by atoms with Crippen molar-refractivity contribution < 1.29 is 28.3 Å². The lowest BCUT2D eigenvalue weighted by Crippen LogP contribution is -2.54. The second-order valence-corrected chi connectivity index (χ2v) is 7.67. The van der Waals surface area contributed by atoms with E-state index in [9.17, 15) is 14.4 Å². The van der Waals surface area contributed by atoms with Crippen molar-refractivity contribution in [1.82, 2.24) is 5.32 Å². The van der Waals surface area contributed by atoms with Crippen molar-refractivity contribution in [2.45, 2.75) is 0 Å². The predicted molar refractivity (Wildman–Crippen MR) is 116 cm³/mol. The summed E-state index contributed by atoms with van der Waals surface area (Å²) < 4.78 is 16.3. The summed E-state index contributed by atoms with van der Waals surface area (Å²) in [5.74, 6) is -0.106. The number of nitrogens with zero attached hydrogens (tertiary/aromatic N) is 1. The highest BCUT2D eigenvalue weighted by Gasteiger charge is 2.37. The fraction of sp³-hybridized carbons (Fsp3) is 0.0455. The molecule has 3 heterocycles. The molecule has 0 atom stereocenters. The van der Waals surface area contributed by atoms with E-state index in [1.165, 1.54) is 18.2 Å². The van der Waals surface area contributed by atoms with Crippen LogP contribution >= 0.6 is 23.2 Å². The maximum Gasteiger partial charge on any atom is 0.335 e. The number of benzene rings is 2. The highest BCUT2D eigenvalue weighted by atomic mass is 35.5. The molecule has 10 heteroatoms. The van der Waals surface area contributed by atoms with Gasteiger partial charge in [0.2, 0.25) is 6.79 Å². The number of rotatable bonds is 3. The lowest BCUT2D eigenvalue weighted by Gasteiger charge is -2.26. The van der Waals surface area contributed by atoms with Crippen LogP contribution in [-0.4, -0.2) is 24.6 Å². The van der Waals surface area contributed by atoms with E-state index in [0.717, 1.165) is 4.90 Å². The van der Waals surface area contributed by atoms with Crippen LogP contribution in [0, 0.1) is 0 Å². The fourth-order valence-electron chi connectivity index (χ4n) is 3.32. The van der Waals surface area contributed by atoms with Crippen molar-refractivity contribution in [2.75, 3.05) is 11.7 Å². The number of hydrogen-bond donors (Lipinski definition) is 1. The average molecular weight is 471 g/mol. The Morgan fingerprint density at radius 2 is 1.75 bits per heavy atom. The number of nitrogens with one attached hydrogen (secondary N) is 1. The van der Waals surface area contributed by atoms with Gasteiger partial charge in [0, 0.05) is 16.7 Å². The Morgan fingerprint density at radius 1 is 0.938 bits per heavy atom. The quantitative estimate of drug-likeness (QED) is 0.441. The monoisotopic (exact) mass is 470 g/mol. The van der Waals surface area contributed by atoms with Crippen molar-refractivity contribution in [3.8, 4) is 22.8 Å². The molecule has 0 bridgehead atoms. The van der Waals surface area contributed by atoms with Crippen LogP contribution in [0.25, 0.3) is 17.4 Å². The molecule has 160 valence electrons. The average Bonchev–Trinajstić information content (AvgIpc) is 3.40. The molecular weight excluding hydrogens is 459 g/mol. The van der Waals surface area contributed by atoms with Crippen molar-refractivity contribution >= 4 is 52.8 Å². The molecule has 3 aromatic rings. The zero-order valence-electron chi connectivity index (χ0n) is 16.1. The molecule has 1 saturated heterocycles. The first-order chi connectivity index (χ1) is 15.4. The van der Waals surface area contributed by atoms with E-state index in [4.69, 9.17) is 37.1 Å². The zero-order valence-corrected chi connectivity index (χ0v) is 17.6. The highest BCUT2D eigenvalue weighted by Crippen LogP contribution is 2.37. The van der Waals surface area contributed by atoms with Crippen LogP contribution in [-0.2, 0) is 9.59 Å². The molecular formula is C22H12Cl2N2O6. The van der Waals surface area contributed by atoms with Crippen molar-refractivity contribution in [2.24, 2.45) is 0 Å². The summed E-state index contributed by atoms with van der Waals surface area (Å²) in [6.07, 6.45) is 1.26. The third-order valence-electron chi connectivity index (χ3n) is 4.83. The summed E-state index contributed by atoms with van der Waals surface area (Å²) in [4.78, 5) is 38.7. The molecule has 5 rings (SSSR count). The van der Waals surface area contributed by atoms with Crippen LogP contribution in [0.2, 0.25) is 10.0 Å². The summed E-state index contributed by atoms with van der Waals surface area (Å²) in [7, 11) is 0. The molecule has 0 spiro atoms. The Morgan fingerprint density at radius 3 is 2.56 bits per heavy atom. The van der Waals surface area contributed by atoms with Gasteiger partial charge in [0.15, 0.2) is 11.5 Å². The molecule has 1 aromatic heterocycles. The van der Waals surface area contributed by atoms with Gasteiger partial charge in [-0.2, -0.15) is 0 Å². The molecule has 32 heavy (non-hydrogen) atoms. The number of fused-ring (bicyclic) bond motifs is 1. The lowest BCUT2D eigenvalue weighted by atomic mass is 10.1. The van der Waals surface area contributed by atoms with Crippen LogP contribution in [0.5, 0.6) is 11.5 Å². The van der Waals surface area contributed by atoms with E-state index in [1.54, 1.807) is 36.4 Å². The molecule has 0 saturated carbocycles. The van der Waals surface area contributed by atoms with Gasteiger partial charge in [0.25, 0.3) is 11.8 Å². The SMILES string of the molecule is O=C1NC(=O)N(c2ccc3c(c2)OCO3)C(=O)/C1=C/c1ccc(-c2ccc(Cl)cc2Cl)o1. The fourth-order valence-corrected chi connectivity index (χ4v) is 3.82. The number of ether oxygens (including phenoxy) is 2. The molecule has 1 N–H and O–H groups in total. The first-order valence-electron chi connectivity index (χ1n) is 9.27. The predicted octanol–water partition coefficient (Wildman–Crippen LogP) is 4.65. The van der Waals surface area contributed by atoms with E-state index in [-0.39, 0.29) is 23.8 Å². The number of carbonyl (C=O) groups excluding carboxylic acids is 3. The van der Waals surface area contributed by atoms with E-state index in [2.05, 4.69) is 5.32 Å². The standard InChI is InChI=1S/C22H12Cl2N2O6/c23-11-1-4-14(16(24)7-11)17-6-3-13(32-17)9-15-20(27)25-22(29)26(21(15)28)12-2-5-18-19(8-12)31-10-30-18/h1-9H,10H2,(H,25,27,29)/b15-9+. The number of carbonyl (C=O) groups is 3. The minimum absolute atomic E-state index is 0.0427. The van der Waals surface area contributed by atoms with Gasteiger partial charge in [0.1, 0.15) is 17.1 Å². The Hall–Kier alpha value is -3.75. The zero-order chi connectivity index (χ0) is 22.4. The number of urea groups is 1. The van der Waals surface area contributed by atoms with Gasteiger partial charge in [-0.1, -0.05) is 23.2 Å². The summed E-state index contributed by atoms with van der Waals surface area (Å²) in [5, 5.41) is 3.02. The Labute approximate surface area is 190 Å². The van der Waals surface area contributed by atoms with Crippen LogP contribution in [0.4, 0.5) is 10.5 Å². The minimum Gasteiger partial charge on any atom is -0.457 e. The molecule has 0 unspecified atom stereocenters. The van der Waals surface area contributed by atoms with Gasteiger partial charge in [-0.25, -0.2) is 9.69 Å². The maximum atomic E-state index is 13.0. The van der Waals surface area contributed by atoms with Gasteiger partial charge >= 0.3 is 6.03 Å². The molecule has 0 radical (unpaired) electrons. The van der Waals surface area contributed by atoms with Gasteiger partial charge < -0.3 is 13.9 Å². The Kier molecular flexibility index (Phi) is 4.88. The number of imide groups is 2. The van der Waals surface area contributed by atoms with E-state index >= 15 is 0 Å². The molecule has 4 amide bonds. The van der Waals surface area contributed by atoms with Crippen molar-refractivity contribution in [3.05, 3.63) is 69.9 Å². The van der Waals surface area contributed by atoms with Crippen LogP contribution in [0.3, 0.4) is 0 Å². The van der Waals surface area contributed by atoms with E-state index < -0.39 is 17.8 Å². The second kappa shape index (κ2) is 7.74. The number of halogens is 2. The third-order valence-corrected chi connectivity index (χ3v) is 5.37. The lowest BCUT2D eigenvalue weighted by molar-refractivity contribution is -0.122. The summed E-state index contributed by atoms with van der Waals surface area (Å²) in [6, 6.07) is 11.9. The van der Waals surface area contributed by atoms with Gasteiger partial charge in [-0.15, -0.1) is 0 Å². The van der Waals surface area contributed by atoms with Gasteiger partial charge in [0.05, 0.1) is 10.7 Å². The maximum absolute atomic E-state index is 13.0. The Bertz CT molecular complexity index is 1330. The summed E-state index contributed by atoms with van der Waals surface area (Å²) in [6.45, 7) is 0.0427. The van der Waals surface area contributed by atoms with E-state index in [1.807, 2.05) is 0 Å². The first-order valence-corrected chi connectivity index (χ1v) is 10.0. The van der Waals surface area contributed by atoms with Crippen LogP contribution in [0.15, 0.2) is 58.5 Å². The summed E-state index contributed by atoms with van der Waals surface area (Å²) >= 11 is 12.1. The molecule has 0 aliphatic carbocycles.